The molecule has 1 saturated heterocycles. The molecule has 24 heavy (non-hydrogen) atoms. The largest absolute Gasteiger partial charge is 0.324 e. The first kappa shape index (κ1) is 17.0. The van der Waals surface area contributed by atoms with Gasteiger partial charge in [0.05, 0.1) is 5.88 Å². The maximum atomic E-state index is 12.6. The highest BCUT2D eigenvalue weighted by molar-refractivity contribution is 9.10. The average molecular weight is 405 g/mol. The van der Waals surface area contributed by atoms with Crippen molar-refractivity contribution in [3.8, 4) is 0 Å². The number of hydrogen-bond acceptors (Lipinski definition) is 3. The molecule has 2 aromatic rings. The van der Waals surface area contributed by atoms with Crippen LogP contribution in [-0.2, 0) is 4.79 Å². The normalized spacial score (nSPS) is 16.9. The van der Waals surface area contributed by atoms with Gasteiger partial charge in [-0.2, -0.15) is 0 Å². The fourth-order valence-corrected chi connectivity index (χ4v) is 3.96. The first-order chi connectivity index (χ1) is 11.6. The van der Waals surface area contributed by atoms with Crippen LogP contribution < -0.4 is 5.32 Å². The van der Waals surface area contributed by atoms with Crippen molar-refractivity contribution in [2.75, 3.05) is 16.9 Å². The van der Waals surface area contributed by atoms with Crippen molar-refractivity contribution >= 4 is 45.2 Å². The van der Waals surface area contributed by atoms with E-state index in [0.717, 1.165) is 15.7 Å². The molecule has 1 aliphatic rings. The molecule has 1 unspecified atom stereocenters. The van der Waals surface area contributed by atoms with Gasteiger partial charge in [-0.1, -0.05) is 34.1 Å². The molecule has 6 heteroatoms. The van der Waals surface area contributed by atoms with E-state index in [2.05, 4.69) is 21.2 Å². The number of amides is 2. The number of halogens is 1. The van der Waals surface area contributed by atoms with Crippen molar-refractivity contribution in [2.45, 2.75) is 13.0 Å². The summed E-state index contributed by atoms with van der Waals surface area (Å²) < 4.78 is 0.998. The van der Waals surface area contributed by atoms with Crippen LogP contribution in [0.25, 0.3) is 0 Å². The van der Waals surface area contributed by atoms with Gasteiger partial charge >= 0.3 is 0 Å². The first-order valence-electron chi connectivity index (χ1n) is 7.57. The van der Waals surface area contributed by atoms with Gasteiger partial charge < -0.3 is 10.2 Å². The summed E-state index contributed by atoms with van der Waals surface area (Å²) in [5, 5.41) is 2.92. The van der Waals surface area contributed by atoms with E-state index >= 15 is 0 Å². The third-order valence-corrected chi connectivity index (χ3v) is 5.79. The number of benzene rings is 2. The van der Waals surface area contributed by atoms with E-state index < -0.39 is 6.04 Å². The minimum absolute atomic E-state index is 0.104. The Hall–Kier alpha value is -1.79. The molecule has 0 aliphatic carbocycles. The Labute approximate surface area is 153 Å². The van der Waals surface area contributed by atoms with Crippen molar-refractivity contribution in [3.63, 3.8) is 0 Å². The van der Waals surface area contributed by atoms with Crippen LogP contribution in [0, 0.1) is 6.92 Å². The molecule has 0 aromatic heterocycles. The summed E-state index contributed by atoms with van der Waals surface area (Å²) in [4.78, 5) is 26.9. The highest BCUT2D eigenvalue weighted by atomic mass is 79.9. The maximum Gasteiger partial charge on any atom is 0.255 e. The highest BCUT2D eigenvalue weighted by Gasteiger charge is 2.35. The van der Waals surface area contributed by atoms with Crippen LogP contribution in [-0.4, -0.2) is 34.4 Å². The minimum atomic E-state index is -0.452. The lowest BCUT2D eigenvalue weighted by Crippen LogP contribution is -2.44. The summed E-state index contributed by atoms with van der Waals surface area (Å²) >= 11 is 5.04. The standard InChI is InChI=1S/C18H17BrN2O2S/c1-12-9-14(7-8-15(12)19)20-17(22)16-10-24-11-21(16)18(23)13-5-3-2-4-6-13/h2-9,16H,10-11H2,1H3,(H,20,22). The second-order valence-electron chi connectivity index (χ2n) is 5.61. The number of rotatable bonds is 3. The van der Waals surface area contributed by atoms with Crippen LogP contribution in [0.2, 0.25) is 0 Å². The van der Waals surface area contributed by atoms with Gasteiger partial charge in [0.15, 0.2) is 0 Å². The summed E-state index contributed by atoms with van der Waals surface area (Å²) in [6.45, 7) is 1.97. The van der Waals surface area contributed by atoms with E-state index in [1.165, 1.54) is 0 Å². The molecule has 0 bridgehead atoms. The number of thioether (sulfide) groups is 1. The molecule has 124 valence electrons. The summed E-state index contributed by atoms with van der Waals surface area (Å²) in [6, 6.07) is 14.3. The second-order valence-corrected chi connectivity index (χ2v) is 7.46. The zero-order chi connectivity index (χ0) is 17.1. The lowest BCUT2D eigenvalue weighted by molar-refractivity contribution is -0.119. The van der Waals surface area contributed by atoms with Crippen LogP contribution in [0.3, 0.4) is 0 Å². The number of anilines is 1. The molecule has 0 radical (unpaired) electrons. The average Bonchev–Trinajstić information content (AvgIpc) is 3.08. The monoisotopic (exact) mass is 404 g/mol. The Kier molecular flexibility index (Phi) is 5.26. The smallest absolute Gasteiger partial charge is 0.255 e. The Morgan fingerprint density at radius 3 is 2.67 bits per heavy atom. The predicted molar refractivity (Wildman–Crippen MR) is 101 cm³/mol. The number of aryl methyl sites for hydroxylation is 1. The fraction of sp³-hybridized carbons (Fsp3) is 0.222. The number of nitrogens with one attached hydrogen (secondary N) is 1. The predicted octanol–water partition coefficient (Wildman–Crippen LogP) is 3.91. The molecule has 1 aliphatic heterocycles. The molecule has 1 atom stereocenters. The van der Waals surface area contributed by atoms with Crippen molar-refractivity contribution in [2.24, 2.45) is 0 Å². The van der Waals surface area contributed by atoms with Gasteiger partial charge in [0.25, 0.3) is 5.91 Å². The van der Waals surface area contributed by atoms with Crippen molar-refractivity contribution in [1.29, 1.82) is 0 Å². The topological polar surface area (TPSA) is 49.4 Å². The number of carbonyl (C=O) groups is 2. The van der Waals surface area contributed by atoms with E-state index in [1.54, 1.807) is 28.8 Å². The molecule has 4 nitrogen and oxygen atoms in total. The number of hydrogen-bond donors (Lipinski definition) is 1. The molecule has 0 spiro atoms. The van der Waals surface area contributed by atoms with Crippen LogP contribution in [0.5, 0.6) is 0 Å². The lowest BCUT2D eigenvalue weighted by Gasteiger charge is -2.23. The zero-order valence-corrected chi connectivity index (χ0v) is 15.6. The van der Waals surface area contributed by atoms with Gasteiger partial charge in [0.2, 0.25) is 5.91 Å². The van der Waals surface area contributed by atoms with E-state index in [1.807, 2.05) is 43.3 Å². The van der Waals surface area contributed by atoms with Crippen LogP contribution >= 0.6 is 27.7 Å². The fourth-order valence-electron chi connectivity index (χ4n) is 2.55. The van der Waals surface area contributed by atoms with Crippen molar-refractivity contribution in [3.05, 3.63) is 64.1 Å². The van der Waals surface area contributed by atoms with E-state index in [4.69, 9.17) is 0 Å². The minimum Gasteiger partial charge on any atom is -0.324 e. The van der Waals surface area contributed by atoms with E-state index in [-0.39, 0.29) is 11.8 Å². The maximum absolute atomic E-state index is 12.6. The molecule has 1 heterocycles. The Bertz CT molecular complexity index is 767. The third-order valence-electron chi connectivity index (χ3n) is 3.89. The van der Waals surface area contributed by atoms with E-state index in [9.17, 15) is 9.59 Å². The molecular weight excluding hydrogens is 388 g/mol. The summed E-state index contributed by atoms with van der Waals surface area (Å²) in [7, 11) is 0. The molecule has 2 amide bonds. The van der Waals surface area contributed by atoms with Crippen LogP contribution in [0.4, 0.5) is 5.69 Å². The SMILES string of the molecule is Cc1cc(NC(=O)C2CSCN2C(=O)c2ccccc2)ccc1Br. The highest BCUT2D eigenvalue weighted by Crippen LogP contribution is 2.25. The van der Waals surface area contributed by atoms with Crippen LogP contribution in [0.1, 0.15) is 15.9 Å². The quantitative estimate of drug-likeness (QED) is 0.843. The summed E-state index contributed by atoms with van der Waals surface area (Å²) in [5.41, 5.74) is 2.40. The first-order valence-corrected chi connectivity index (χ1v) is 9.52. The third kappa shape index (κ3) is 3.65. The van der Waals surface area contributed by atoms with Gasteiger partial charge in [-0.05, 0) is 42.8 Å². The summed E-state index contributed by atoms with van der Waals surface area (Å²) in [6.07, 6.45) is 0. The molecule has 1 N–H and O–H groups in total. The van der Waals surface area contributed by atoms with Crippen molar-refractivity contribution < 1.29 is 9.59 Å². The Morgan fingerprint density at radius 1 is 1.21 bits per heavy atom. The Morgan fingerprint density at radius 2 is 1.96 bits per heavy atom. The molecule has 3 rings (SSSR count). The lowest BCUT2D eigenvalue weighted by atomic mass is 10.1. The van der Waals surface area contributed by atoms with Gasteiger partial charge in [-0.25, -0.2) is 0 Å². The van der Waals surface area contributed by atoms with Gasteiger partial charge in [-0.15, -0.1) is 11.8 Å². The Balaban J connectivity index is 1.74. The zero-order valence-electron chi connectivity index (χ0n) is 13.2. The van der Waals surface area contributed by atoms with Gasteiger partial charge in [0.1, 0.15) is 6.04 Å². The molecule has 0 saturated carbocycles. The van der Waals surface area contributed by atoms with E-state index in [0.29, 0.717) is 17.2 Å². The molecular formula is C18H17BrN2O2S. The second kappa shape index (κ2) is 7.40. The van der Waals surface area contributed by atoms with Crippen LogP contribution in [0.15, 0.2) is 53.0 Å². The number of carbonyl (C=O) groups excluding carboxylic acids is 2. The van der Waals surface area contributed by atoms with Gasteiger partial charge in [-0.3, -0.25) is 9.59 Å². The molecule has 1 fully saturated rings. The number of nitrogens with zero attached hydrogens (tertiary/aromatic N) is 1. The van der Waals surface area contributed by atoms with Gasteiger partial charge in [0, 0.05) is 21.5 Å². The van der Waals surface area contributed by atoms with Crippen molar-refractivity contribution in [1.82, 2.24) is 4.90 Å². The molecule has 2 aromatic carbocycles. The summed E-state index contributed by atoms with van der Waals surface area (Å²) in [5.74, 6) is 0.893.